The Kier molecular flexibility index (Phi) is 7.31. The maximum atomic E-state index is 12.2. The normalized spacial score (nSPS) is 19.7. The molecule has 1 amide bonds. The van der Waals surface area contributed by atoms with Crippen molar-refractivity contribution in [1.29, 1.82) is 0 Å². The van der Waals surface area contributed by atoms with Crippen molar-refractivity contribution in [3.05, 3.63) is 29.8 Å². The Morgan fingerprint density at radius 1 is 0.920 bits per heavy atom. The summed E-state index contributed by atoms with van der Waals surface area (Å²) < 4.78 is 0. The van der Waals surface area contributed by atoms with Crippen molar-refractivity contribution >= 4 is 11.6 Å². The minimum Gasteiger partial charge on any atom is -0.326 e. The fraction of sp³-hybridized carbons (Fsp3) is 0.667. The van der Waals surface area contributed by atoms with Crippen LogP contribution < -0.4 is 5.32 Å². The highest BCUT2D eigenvalue weighted by Gasteiger charge is 2.12. The van der Waals surface area contributed by atoms with Crippen LogP contribution >= 0.6 is 0 Å². The molecule has 4 nitrogen and oxygen atoms in total. The summed E-state index contributed by atoms with van der Waals surface area (Å²) in [7, 11) is 0. The van der Waals surface area contributed by atoms with Gasteiger partial charge in [-0.05, 0) is 82.5 Å². The van der Waals surface area contributed by atoms with Gasteiger partial charge in [0.25, 0.3) is 0 Å². The van der Waals surface area contributed by atoms with E-state index in [4.69, 9.17) is 0 Å². The Hall–Kier alpha value is -1.39. The van der Waals surface area contributed by atoms with E-state index in [0.717, 1.165) is 25.2 Å². The monoisotopic (exact) mass is 343 g/mol. The number of rotatable bonds is 7. The molecule has 1 N–H and O–H groups in total. The van der Waals surface area contributed by atoms with E-state index in [2.05, 4.69) is 33.3 Å². The fourth-order valence-electron chi connectivity index (χ4n) is 3.99. The molecule has 138 valence electrons. The van der Waals surface area contributed by atoms with E-state index in [0.29, 0.717) is 6.42 Å². The third kappa shape index (κ3) is 6.44. The van der Waals surface area contributed by atoms with Gasteiger partial charge in [-0.1, -0.05) is 25.0 Å². The maximum absolute atomic E-state index is 12.2. The lowest BCUT2D eigenvalue weighted by molar-refractivity contribution is -0.116. The van der Waals surface area contributed by atoms with Crippen molar-refractivity contribution in [3.8, 4) is 0 Å². The minimum absolute atomic E-state index is 0.146. The zero-order valence-electron chi connectivity index (χ0n) is 15.5. The van der Waals surface area contributed by atoms with E-state index < -0.39 is 0 Å². The molecule has 0 bridgehead atoms. The molecule has 2 fully saturated rings. The zero-order valence-corrected chi connectivity index (χ0v) is 15.5. The smallest absolute Gasteiger partial charge is 0.224 e. The number of hydrogen-bond donors (Lipinski definition) is 1. The standard InChI is InChI=1S/C21H33N3O/c25-21(11-8-16-23-12-3-1-2-4-13-23)22-20-10-7-9-19(17-20)18-24-14-5-6-15-24/h7,9-10,17H,1-6,8,11-16,18H2,(H,22,25). The zero-order chi connectivity index (χ0) is 17.3. The average molecular weight is 344 g/mol. The minimum atomic E-state index is 0.146. The molecule has 3 rings (SSSR count). The molecule has 25 heavy (non-hydrogen) atoms. The van der Waals surface area contributed by atoms with Crippen LogP contribution in [0.1, 0.15) is 56.9 Å². The first-order valence-corrected chi connectivity index (χ1v) is 10.1. The highest BCUT2D eigenvalue weighted by Crippen LogP contribution is 2.16. The number of amides is 1. The Balaban J connectivity index is 1.39. The van der Waals surface area contributed by atoms with E-state index in [1.807, 2.05) is 6.07 Å². The highest BCUT2D eigenvalue weighted by atomic mass is 16.1. The van der Waals surface area contributed by atoms with Crippen molar-refractivity contribution in [1.82, 2.24) is 9.80 Å². The van der Waals surface area contributed by atoms with Crippen LogP contribution in [0.5, 0.6) is 0 Å². The molecule has 2 aliphatic heterocycles. The van der Waals surface area contributed by atoms with Crippen LogP contribution in [0.25, 0.3) is 0 Å². The first kappa shape index (κ1) is 18.4. The van der Waals surface area contributed by atoms with Gasteiger partial charge in [0.2, 0.25) is 5.91 Å². The van der Waals surface area contributed by atoms with Gasteiger partial charge in [-0.3, -0.25) is 9.69 Å². The number of hydrogen-bond acceptors (Lipinski definition) is 3. The van der Waals surface area contributed by atoms with E-state index >= 15 is 0 Å². The summed E-state index contributed by atoms with van der Waals surface area (Å²) >= 11 is 0. The molecular weight excluding hydrogens is 310 g/mol. The number of carbonyl (C=O) groups excluding carboxylic acids is 1. The summed E-state index contributed by atoms with van der Waals surface area (Å²) in [5.41, 5.74) is 2.24. The van der Waals surface area contributed by atoms with Crippen LogP contribution in [0.15, 0.2) is 24.3 Å². The molecule has 0 aromatic heterocycles. The third-order valence-electron chi connectivity index (χ3n) is 5.39. The second-order valence-electron chi connectivity index (χ2n) is 7.59. The molecule has 2 saturated heterocycles. The van der Waals surface area contributed by atoms with Crippen LogP contribution in [-0.4, -0.2) is 48.4 Å². The predicted octanol–water partition coefficient (Wildman–Crippen LogP) is 3.88. The first-order chi connectivity index (χ1) is 12.3. The Morgan fingerprint density at radius 3 is 2.36 bits per heavy atom. The van der Waals surface area contributed by atoms with Gasteiger partial charge in [-0.15, -0.1) is 0 Å². The lowest BCUT2D eigenvalue weighted by atomic mass is 10.2. The van der Waals surface area contributed by atoms with E-state index in [1.54, 1.807) is 0 Å². The average Bonchev–Trinajstić information content (AvgIpc) is 2.97. The number of nitrogens with zero attached hydrogens (tertiary/aromatic N) is 2. The van der Waals surface area contributed by atoms with Crippen molar-refractivity contribution in [3.63, 3.8) is 0 Å². The van der Waals surface area contributed by atoms with E-state index in [-0.39, 0.29) is 5.91 Å². The van der Waals surface area contributed by atoms with Gasteiger partial charge in [-0.2, -0.15) is 0 Å². The second-order valence-corrected chi connectivity index (χ2v) is 7.59. The lowest BCUT2D eigenvalue weighted by Crippen LogP contribution is -2.26. The van der Waals surface area contributed by atoms with Crippen molar-refractivity contribution in [2.45, 2.75) is 57.9 Å². The van der Waals surface area contributed by atoms with Gasteiger partial charge in [0.05, 0.1) is 0 Å². The summed E-state index contributed by atoms with van der Waals surface area (Å²) in [6.45, 7) is 6.88. The Morgan fingerprint density at radius 2 is 1.60 bits per heavy atom. The lowest BCUT2D eigenvalue weighted by Gasteiger charge is -2.19. The molecule has 0 radical (unpaired) electrons. The SMILES string of the molecule is O=C(CCCN1CCCCCC1)Nc1cccc(CN2CCCC2)c1. The number of benzene rings is 1. The molecule has 1 aromatic rings. The molecule has 0 saturated carbocycles. The third-order valence-corrected chi connectivity index (χ3v) is 5.39. The van der Waals surface area contributed by atoms with E-state index in [1.165, 1.54) is 70.3 Å². The van der Waals surface area contributed by atoms with Crippen LogP contribution in [-0.2, 0) is 11.3 Å². The maximum Gasteiger partial charge on any atom is 0.224 e. The van der Waals surface area contributed by atoms with Crippen molar-refractivity contribution in [2.75, 3.05) is 38.0 Å². The number of likely N-dealkylation sites (tertiary alicyclic amines) is 2. The molecule has 2 heterocycles. The van der Waals surface area contributed by atoms with Gasteiger partial charge < -0.3 is 10.2 Å². The van der Waals surface area contributed by atoms with E-state index in [9.17, 15) is 4.79 Å². The summed E-state index contributed by atoms with van der Waals surface area (Å²) in [5.74, 6) is 0.146. The van der Waals surface area contributed by atoms with Crippen LogP contribution in [0.2, 0.25) is 0 Å². The summed E-state index contributed by atoms with van der Waals surface area (Å²) in [4.78, 5) is 17.3. The molecule has 0 atom stereocenters. The number of carbonyl (C=O) groups is 1. The number of anilines is 1. The van der Waals surface area contributed by atoms with Crippen molar-refractivity contribution in [2.24, 2.45) is 0 Å². The van der Waals surface area contributed by atoms with Gasteiger partial charge in [0, 0.05) is 18.7 Å². The molecule has 1 aromatic carbocycles. The number of nitrogens with one attached hydrogen (secondary N) is 1. The summed E-state index contributed by atoms with van der Waals surface area (Å²) in [6.07, 6.45) is 9.56. The molecule has 0 aliphatic carbocycles. The largest absolute Gasteiger partial charge is 0.326 e. The van der Waals surface area contributed by atoms with Gasteiger partial charge in [0.15, 0.2) is 0 Å². The van der Waals surface area contributed by atoms with Crippen molar-refractivity contribution < 1.29 is 4.79 Å². The summed E-state index contributed by atoms with van der Waals surface area (Å²) in [5, 5.41) is 3.08. The Bertz CT molecular complexity index is 532. The second kappa shape index (κ2) is 9.93. The molecule has 0 spiro atoms. The predicted molar refractivity (Wildman–Crippen MR) is 104 cm³/mol. The quantitative estimate of drug-likeness (QED) is 0.816. The highest BCUT2D eigenvalue weighted by molar-refractivity contribution is 5.90. The van der Waals surface area contributed by atoms with Crippen LogP contribution in [0, 0.1) is 0 Å². The molecular formula is C21H33N3O. The van der Waals surface area contributed by atoms with Gasteiger partial charge >= 0.3 is 0 Å². The molecule has 2 aliphatic rings. The van der Waals surface area contributed by atoms with Crippen LogP contribution in [0.3, 0.4) is 0 Å². The fourth-order valence-corrected chi connectivity index (χ4v) is 3.99. The first-order valence-electron chi connectivity index (χ1n) is 10.1. The van der Waals surface area contributed by atoms with Crippen LogP contribution in [0.4, 0.5) is 5.69 Å². The molecule has 0 unspecified atom stereocenters. The van der Waals surface area contributed by atoms with Gasteiger partial charge in [-0.25, -0.2) is 0 Å². The summed E-state index contributed by atoms with van der Waals surface area (Å²) in [6, 6.07) is 8.34. The Labute approximate surface area is 152 Å². The topological polar surface area (TPSA) is 35.6 Å². The molecule has 4 heteroatoms. The van der Waals surface area contributed by atoms with Gasteiger partial charge in [0.1, 0.15) is 0 Å².